The van der Waals surface area contributed by atoms with Crippen molar-refractivity contribution in [3.8, 4) is 11.8 Å². The first-order valence-corrected chi connectivity index (χ1v) is 26.9. The molecule has 4 nitrogen and oxygen atoms in total. The van der Waals surface area contributed by atoms with Crippen molar-refractivity contribution in [1.82, 2.24) is 9.97 Å². The third-order valence-corrected chi connectivity index (χ3v) is 14.3. The highest BCUT2D eigenvalue weighted by Crippen LogP contribution is 2.41. The molecule has 0 spiro atoms. The molecule has 1 aromatic carbocycles. The molecule has 4 aromatic rings. The van der Waals surface area contributed by atoms with Crippen LogP contribution in [0.25, 0.3) is 31.2 Å². The molecular formula is C52H86N2O2S2. The average molecular weight is 835 g/mol. The van der Waals surface area contributed by atoms with Gasteiger partial charge in [-0.15, -0.1) is 22.7 Å². The lowest BCUT2D eigenvalue weighted by Gasteiger charge is -2.13. The molecule has 3 aromatic heterocycles. The van der Waals surface area contributed by atoms with Gasteiger partial charge < -0.3 is 9.47 Å². The maximum absolute atomic E-state index is 6.39. The molecule has 4 rings (SSSR count). The van der Waals surface area contributed by atoms with Crippen LogP contribution < -0.4 is 9.47 Å². The summed E-state index contributed by atoms with van der Waals surface area (Å²) in [5.41, 5.74) is 1.88. The van der Waals surface area contributed by atoms with Crippen molar-refractivity contribution in [3.05, 3.63) is 22.9 Å². The first kappa shape index (κ1) is 48.7. The van der Waals surface area contributed by atoms with Gasteiger partial charge >= 0.3 is 0 Å². The summed E-state index contributed by atoms with van der Waals surface area (Å²) < 4.78 is 15.4. The van der Waals surface area contributed by atoms with E-state index < -0.39 is 0 Å². The second-order valence-corrected chi connectivity index (χ2v) is 19.4. The van der Waals surface area contributed by atoms with E-state index in [-0.39, 0.29) is 0 Å². The minimum absolute atomic E-state index is 0.573. The molecule has 0 unspecified atom stereocenters. The zero-order chi connectivity index (χ0) is 40.6. The van der Waals surface area contributed by atoms with Gasteiger partial charge in [0.25, 0.3) is 11.8 Å². The molecule has 0 fully saturated rings. The molecular weight excluding hydrogens is 749 g/mol. The van der Waals surface area contributed by atoms with Crippen LogP contribution in [0.1, 0.15) is 245 Å². The van der Waals surface area contributed by atoms with Crippen molar-refractivity contribution in [2.45, 2.75) is 245 Å². The third-order valence-electron chi connectivity index (χ3n) is 12.4. The Morgan fingerprint density at radius 2 is 0.586 bits per heavy atom. The maximum atomic E-state index is 6.39. The monoisotopic (exact) mass is 835 g/mol. The van der Waals surface area contributed by atoms with Gasteiger partial charge in [-0.3, -0.25) is 0 Å². The summed E-state index contributed by atoms with van der Waals surface area (Å²) in [6, 6.07) is 4.38. The molecule has 58 heavy (non-hydrogen) atoms. The molecule has 0 saturated heterocycles. The fourth-order valence-corrected chi connectivity index (χ4v) is 10.6. The van der Waals surface area contributed by atoms with Gasteiger partial charge in [-0.1, -0.05) is 232 Å². The van der Waals surface area contributed by atoms with Crippen molar-refractivity contribution >= 4 is 53.9 Å². The molecule has 0 amide bonds. The number of nitrogens with zero attached hydrogens (tertiary/aromatic N) is 2. The molecule has 0 N–H and O–H groups in total. The fourth-order valence-electron chi connectivity index (χ4n) is 8.66. The van der Waals surface area contributed by atoms with Crippen LogP contribution in [0.5, 0.6) is 11.8 Å². The quantitative estimate of drug-likeness (QED) is 0.0419. The van der Waals surface area contributed by atoms with Crippen molar-refractivity contribution in [3.63, 3.8) is 0 Å². The van der Waals surface area contributed by atoms with Crippen LogP contribution in [-0.2, 0) is 0 Å². The van der Waals surface area contributed by atoms with E-state index in [2.05, 4.69) is 36.7 Å². The summed E-state index contributed by atoms with van der Waals surface area (Å²) in [6.45, 7) is 5.94. The van der Waals surface area contributed by atoms with Crippen molar-refractivity contribution in [2.24, 2.45) is 0 Å². The van der Waals surface area contributed by atoms with E-state index in [4.69, 9.17) is 19.4 Å². The van der Waals surface area contributed by atoms with Gasteiger partial charge in [-0.2, -0.15) is 0 Å². The van der Waals surface area contributed by atoms with Crippen LogP contribution in [0.3, 0.4) is 0 Å². The lowest BCUT2D eigenvalue weighted by molar-refractivity contribution is 0.243. The topological polar surface area (TPSA) is 44.2 Å². The molecule has 0 saturated carbocycles. The zero-order valence-corrected chi connectivity index (χ0v) is 39.3. The fraction of sp³-hybridized carbons (Fsp3) is 0.769. The summed E-state index contributed by atoms with van der Waals surface area (Å²) in [4.78, 5) is 10.2. The van der Waals surface area contributed by atoms with Gasteiger partial charge in [-0.05, 0) is 35.7 Å². The van der Waals surface area contributed by atoms with Gasteiger partial charge in [0, 0.05) is 10.8 Å². The molecule has 0 radical (unpaired) electrons. The second-order valence-electron chi connectivity index (χ2n) is 17.6. The summed E-state index contributed by atoms with van der Waals surface area (Å²) in [6.07, 6.45) is 49.7. The van der Waals surface area contributed by atoms with Crippen LogP contribution in [0.15, 0.2) is 22.9 Å². The van der Waals surface area contributed by atoms with Gasteiger partial charge in [0.05, 0.1) is 22.6 Å². The Balaban J connectivity index is 1.07. The standard InChI is InChI=1S/C52H86N2O2S2/c1-3-5-7-9-11-13-15-17-19-21-23-25-27-29-31-33-35-37-41-55-51-52(54-48-46-40-44-58-50(46)49-45(39-43-57-49)47(48)53-51)56-42-38-36-34-32-30-28-26-24-22-20-18-16-14-12-10-8-6-4-2/h39-40,43-44H,3-38,41-42H2,1-2H3. The highest BCUT2D eigenvalue weighted by Gasteiger charge is 2.19. The normalized spacial score (nSPS) is 11.8. The van der Waals surface area contributed by atoms with Gasteiger partial charge in [0.2, 0.25) is 0 Å². The second kappa shape index (κ2) is 32.8. The molecule has 3 heterocycles. The Labute approximate surface area is 364 Å². The minimum atomic E-state index is 0.573. The number of unbranched alkanes of at least 4 members (excludes halogenated alkanes) is 34. The van der Waals surface area contributed by atoms with Crippen LogP contribution >= 0.6 is 22.7 Å². The Kier molecular flexibility index (Phi) is 27.6. The van der Waals surface area contributed by atoms with E-state index in [1.165, 1.54) is 238 Å². The van der Waals surface area contributed by atoms with Crippen molar-refractivity contribution in [2.75, 3.05) is 13.2 Å². The summed E-state index contributed by atoms with van der Waals surface area (Å²) in [5.74, 6) is 1.15. The van der Waals surface area contributed by atoms with Gasteiger partial charge in [0.1, 0.15) is 11.0 Å². The van der Waals surface area contributed by atoms with E-state index in [0.717, 1.165) is 23.9 Å². The highest BCUT2D eigenvalue weighted by atomic mass is 32.1. The summed E-state index contributed by atoms with van der Waals surface area (Å²) >= 11 is 3.59. The number of thiophene rings is 2. The van der Waals surface area contributed by atoms with E-state index in [1.807, 2.05) is 0 Å². The number of benzene rings is 1. The van der Waals surface area contributed by atoms with E-state index in [0.29, 0.717) is 25.0 Å². The van der Waals surface area contributed by atoms with E-state index >= 15 is 0 Å². The number of hydrogen-bond donors (Lipinski definition) is 0. The highest BCUT2D eigenvalue weighted by molar-refractivity contribution is 7.25. The Bertz CT molecular complexity index is 1450. The molecule has 6 heteroatoms. The lowest BCUT2D eigenvalue weighted by atomic mass is 10.0. The van der Waals surface area contributed by atoms with Crippen LogP contribution in [0, 0.1) is 0 Å². The molecule has 0 bridgehead atoms. The molecule has 0 aliphatic rings. The van der Waals surface area contributed by atoms with Crippen LogP contribution in [-0.4, -0.2) is 23.2 Å². The Morgan fingerprint density at radius 3 is 0.845 bits per heavy atom. The first-order chi connectivity index (χ1) is 28.8. The average Bonchev–Trinajstić information content (AvgIpc) is 3.94. The smallest absolute Gasteiger partial charge is 0.278 e. The summed E-state index contributed by atoms with van der Waals surface area (Å²) in [5, 5.41) is 6.70. The predicted molar refractivity (Wildman–Crippen MR) is 259 cm³/mol. The van der Waals surface area contributed by atoms with Gasteiger partial charge in [-0.25, -0.2) is 9.97 Å². The number of aromatic nitrogens is 2. The molecule has 0 aliphatic heterocycles. The minimum Gasteiger partial charge on any atom is -0.474 e. The summed E-state index contributed by atoms with van der Waals surface area (Å²) in [7, 11) is 0. The van der Waals surface area contributed by atoms with Crippen molar-refractivity contribution in [1.29, 1.82) is 0 Å². The Hall–Kier alpha value is -1.92. The Morgan fingerprint density at radius 1 is 0.345 bits per heavy atom. The first-order valence-electron chi connectivity index (χ1n) is 25.2. The van der Waals surface area contributed by atoms with Crippen molar-refractivity contribution < 1.29 is 9.47 Å². The number of hydrogen-bond acceptors (Lipinski definition) is 6. The van der Waals surface area contributed by atoms with E-state index in [9.17, 15) is 0 Å². The molecule has 328 valence electrons. The third kappa shape index (κ3) is 19.6. The van der Waals surface area contributed by atoms with Crippen LogP contribution in [0.4, 0.5) is 0 Å². The number of ether oxygens (including phenoxy) is 2. The van der Waals surface area contributed by atoms with Crippen LogP contribution in [0.2, 0.25) is 0 Å². The molecule has 0 atom stereocenters. The maximum Gasteiger partial charge on any atom is 0.278 e. The number of fused-ring (bicyclic) bond motifs is 6. The largest absolute Gasteiger partial charge is 0.474 e. The zero-order valence-electron chi connectivity index (χ0n) is 37.7. The van der Waals surface area contributed by atoms with Gasteiger partial charge in [0.15, 0.2) is 0 Å². The number of rotatable bonds is 40. The predicted octanol–water partition coefficient (Wildman–Crippen LogP) is 18.9. The lowest BCUT2D eigenvalue weighted by Crippen LogP contribution is -2.06. The molecule has 0 aliphatic carbocycles. The van der Waals surface area contributed by atoms with E-state index in [1.54, 1.807) is 22.7 Å². The SMILES string of the molecule is CCCCCCCCCCCCCCCCCCCCOc1nc2c3ccsc3c3sccc3c2nc1OCCCCCCCCCCCCCCCCCCCC.